The van der Waals surface area contributed by atoms with E-state index in [4.69, 9.17) is 23.2 Å². The Morgan fingerprint density at radius 3 is 2.56 bits per heavy atom. The van der Waals surface area contributed by atoms with Crippen LogP contribution < -0.4 is 5.32 Å². The highest BCUT2D eigenvalue weighted by Crippen LogP contribution is 2.31. The van der Waals surface area contributed by atoms with E-state index in [-0.39, 0.29) is 5.91 Å². The number of rotatable bonds is 1. The molecule has 3 rings (SSSR count). The summed E-state index contributed by atoms with van der Waals surface area (Å²) in [6, 6.07) is 5.20. The molecule has 0 spiro atoms. The van der Waals surface area contributed by atoms with Gasteiger partial charge in [-0.05, 0) is 24.0 Å². The first kappa shape index (κ1) is 12.3. The lowest BCUT2D eigenvalue weighted by Crippen LogP contribution is -2.32. The van der Waals surface area contributed by atoms with Gasteiger partial charge >= 0.3 is 0 Å². The number of amides is 1. The monoisotopic (exact) mass is 284 g/mol. The standard InChI is InChI=1S/C13H14Cl2N2O/c14-11-3-1-2-10(12(11)15)13(18)17-6-8-4-16-5-9(8)7-17/h1-3,8-9,16H,4-7H2/t8-,9+. The predicted octanol–water partition coefficient (Wildman–Crippen LogP) is 2.28. The Kier molecular flexibility index (Phi) is 3.22. The number of hydrogen-bond donors (Lipinski definition) is 1. The molecule has 3 nitrogen and oxygen atoms in total. The molecule has 2 heterocycles. The largest absolute Gasteiger partial charge is 0.338 e. The maximum absolute atomic E-state index is 12.4. The van der Waals surface area contributed by atoms with Crippen LogP contribution in [0.2, 0.25) is 10.0 Å². The second-order valence-electron chi connectivity index (χ2n) is 4.99. The minimum Gasteiger partial charge on any atom is -0.338 e. The molecule has 2 aliphatic rings. The average molecular weight is 285 g/mol. The van der Waals surface area contributed by atoms with E-state index in [0.29, 0.717) is 27.4 Å². The Labute approximate surface area is 116 Å². The van der Waals surface area contributed by atoms with Gasteiger partial charge in [0.1, 0.15) is 0 Å². The number of likely N-dealkylation sites (tertiary alicyclic amines) is 1. The van der Waals surface area contributed by atoms with Crippen molar-refractivity contribution in [1.82, 2.24) is 10.2 Å². The SMILES string of the molecule is O=C(c1cccc(Cl)c1Cl)N1C[C@H]2CNC[C@H]2C1. The molecule has 0 unspecified atom stereocenters. The van der Waals surface area contributed by atoms with E-state index in [9.17, 15) is 4.79 Å². The van der Waals surface area contributed by atoms with Gasteiger partial charge in [0.05, 0.1) is 15.6 Å². The Balaban J connectivity index is 1.81. The molecule has 2 saturated heterocycles. The summed E-state index contributed by atoms with van der Waals surface area (Å²) in [6.07, 6.45) is 0. The van der Waals surface area contributed by atoms with Gasteiger partial charge in [0, 0.05) is 26.2 Å². The number of fused-ring (bicyclic) bond motifs is 1. The van der Waals surface area contributed by atoms with Crippen LogP contribution in [0.3, 0.4) is 0 Å². The Morgan fingerprint density at radius 2 is 1.89 bits per heavy atom. The summed E-state index contributed by atoms with van der Waals surface area (Å²) < 4.78 is 0. The Bertz CT molecular complexity index is 480. The van der Waals surface area contributed by atoms with E-state index >= 15 is 0 Å². The quantitative estimate of drug-likeness (QED) is 0.858. The molecule has 0 saturated carbocycles. The maximum atomic E-state index is 12.4. The molecule has 2 fully saturated rings. The summed E-state index contributed by atoms with van der Waals surface area (Å²) in [5.41, 5.74) is 0.511. The fourth-order valence-electron chi connectivity index (χ4n) is 2.86. The normalized spacial score (nSPS) is 26.4. The highest BCUT2D eigenvalue weighted by Gasteiger charge is 2.38. The van der Waals surface area contributed by atoms with Crippen molar-refractivity contribution >= 4 is 29.1 Å². The lowest BCUT2D eigenvalue weighted by Gasteiger charge is -2.18. The topological polar surface area (TPSA) is 32.3 Å². The second-order valence-corrected chi connectivity index (χ2v) is 5.78. The smallest absolute Gasteiger partial charge is 0.255 e. The van der Waals surface area contributed by atoms with Crippen molar-refractivity contribution in [2.45, 2.75) is 0 Å². The molecule has 0 aromatic heterocycles. The third kappa shape index (κ3) is 2.00. The number of carbonyl (C=O) groups is 1. The second kappa shape index (κ2) is 4.72. The van der Waals surface area contributed by atoms with Gasteiger partial charge in [0.15, 0.2) is 0 Å². The first-order valence-corrected chi connectivity index (χ1v) is 6.86. The fraction of sp³-hybridized carbons (Fsp3) is 0.462. The lowest BCUT2D eigenvalue weighted by atomic mass is 10.0. The van der Waals surface area contributed by atoms with Gasteiger partial charge in [0.25, 0.3) is 5.91 Å². The molecule has 1 aromatic rings. The molecule has 96 valence electrons. The molecular weight excluding hydrogens is 271 g/mol. The number of nitrogens with one attached hydrogen (secondary N) is 1. The van der Waals surface area contributed by atoms with E-state index in [0.717, 1.165) is 26.2 Å². The van der Waals surface area contributed by atoms with Crippen LogP contribution in [0.15, 0.2) is 18.2 Å². The zero-order valence-corrected chi connectivity index (χ0v) is 11.3. The summed E-state index contributed by atoms with van der Waals surface area (Å²) in [4.78, 5) is 14.3. The van der Waals surface area contributed by atoms with Crippen LogP contribution in [0.5, 0.6) is 0 Å². The lowest BCUT2D eigenvalue weighted by molar-refractivity contribution is 0.0782. The molecular formula is C13H14Cl2N2O. The number of benzene rings is 1. The average Bonchev–Trinajstić information content (AvgIpc) is 2.92. The minimum absolute atomic E-state index is 0.00287. The van der Waals surface area contributed by atoms with Gasteiger partial charge in [0.2, 0.25) is 0 Å². The molecule has 1 amide bonds. The van der Waals surface area contributed by atoms with Crippen molar-refractivity contribution in [2.24, 2.45) is 11.8 Å². The number of carbonyl (C=O) groups excluding carboxylic acids is 1. The number of nitrogens with zero attached hydrogens (tertiary/aromatic N) is 1. The van der Waals surface area contributed by atoms with E-state index in [1.54, 1.807) is 18.2 Å². The molecule has 5 heteroatoms. The maximum Gasteiger partial charge on any atom is 0.255 e. The molecule has 0 aliphatic carbocycles. The third-order valence-corrected chi connectivity index (χ3v) is 4.68. The zero-order valence-electron chi connectivity index (χ0n) is 9.83. The molecule has 0 bridgehead atoms. The summed E-state index contributed by atoms with van der Waals surface area (Å²) >= 11 is 12.0. The van der Waals surface area contributed by atoms with Crippen molar-refractivity contribution < 1.29 is 4.79 Å². The summed E-state index contributed by atoms with van der Waals surface area (Å²) in [6.45, 7) is 3.66. The van der Waals surface area contributed by atoms with Crippen LogP contribution >= 0.6 is 23.2 Å². The third-order valence-electron chi connectivity index (χ3n) is 3.86. The van der Waals surface area contributed by atoms with Gasteiger partial charge < -0.3 is 10.2 Å². The van der Waals surface area contributed by atoms with Gasteiger partial charge in [-0.15, -0.1) is 0 Å². The highest BCUT2D eigenvalue weighted by atomic mass is 35.5. The van der Waals surface area contributed by atoms with Crippen LogP contribution in [0.25, 0.3) is 0 Å². The molecule has 1 aromatic carbocycles. The van der Waals surface area contributed by atoms with Crippen molar-refractivity contribution in [3.05, 3.63) is 33.8 Å². The molecule has 2 atom stereocenters. The Hall–Kier alpha value is -0.770. The summed E-state index contributed by atoms with van der Waals surface area (Å²) in [5.74, 6) is 1.18. The minimum atomic E-state index is -0.00287. The molecule has 0 radical (unpaired) electrons. The molecule has 1 N–H and O–H groups in total. The van der Waals surface area contributed by atoms with Gasteiger partial charge in [-0.25, -0.2) is 0 Å². The predicted molar refractivity (Wildman–Crippen MR) is 72.2 cm³/mol. The van der Waals surface area contributed by atoms with Crippen LogP contribution in [-0.4, -0.2) is 37.0 Å². The van der Waals surface area contributed by atoms with Crippen molar-refractivity contribution in [1.29, 1.82) is 0 Å². The number of hydrogen-bond acceptors (Lipinski definition) is 2. The summed E-state index contributed by atoms with van der Waals surface area (Å²) in [7, 11) is 0. The van der Waals surface area contributed by atoms with E-state index in [2.05, 4.69) is 5.32 Å². The number of halogens is 2. The van der Waals surface area contributed by atoms with E-state index in [1.165, 1.54) is 0 Å². The summed E-state index contributed by atoms with van der Waals surface area (Å²) in [5, 5.41) is 4.15. The van der Waals surface area contributed by atoms with Crippen LogP contribution in [0.4, 0.5) is 0 Å². The van der Waals surface area contributed by atoms with E-state index in [1.807, 2.05) is 4.90 Å². The zero-order chi connectivity index (χ0) is 12.7. The van der Waals surface area contributed by atoms with Crippen LogP contribution in [0.1, 0.15) is 10.4 Å². The van der Waals surface area contributed by atoms with Gasteiger partial charge in [-0.3, -0.25) is 4.79 Å². The molecule has 2 aliphatic heterocycles. The van der Waals surface area contributed by atoms with Gasteiger partial charge in [-0.1, -0.05) is 29.3 Å². The fourth-order valence-corrected chi connectivity index (χ4v) is 3.24. The van der Waals surface area contributed by atoms with Crippen molar-refractivity contribution in [3.8, 4) is 0 Å². The molecule has 18 heavy (non-hydrogen) atoms. The van der Waals surface area contributed by atoms with Gasteiger partial charge in [-0.2, -0.15) is 0 Å². The van der Waals surface area contributed by atoms with Crippen molar-refractivity contribution in [2.75, 3.05) is 26.2 Å². The first-order chi connectivity index (χ1) is 8.66. The van der Waals surface area contributed by atoms with E-state index < -0.39 is 0 Å². The Morgan fingerprint density at radius 1 is 1.22 bits per heavy atom. The van der Waals surface area contributed by atoms with Crippen LogP contribution in [0, 0.1) is 11.8 Å². The van der Waals surface area contributed by atoms with Crippen molar-refractivity contribution in [3.63, 3.8) is 0 Å². The first-order valence-electron chi connectivity index (χ1n) is 6.11. The highest BCUT2D eigenvalue weighted by molar-refractivity contribution is 6.43. The van der Waals surface area contributed by atoms with Crippen LogP contribution in [-0.2, 0) is 0 Å².